The maximum Gasteiger partial charge on any atom is 0.156 e. The molecule has 0 saturated heterocycles. The molecule has 0 aliphatic carbocycles. The first-order chi connectivity index (χ1) is 7.02. The second-order valence-corrected chi connectivity index (χ2v) is 4.17. The van der Waals surface area contributed by atoms with Crippen LogP contribution in [-0.2, 0) is 4.79 Å². The number of hydrogen-bond acceptors (Lipinski definition) is 1. The molecular weight excluding hydrogens is 184 g/mol. The molecule has 0 aliphatic heterocycles. The summed E-state index contributed by atoms with van der Waals surface area (Å²) in [6.07, 6.45) is 2.00. The van der Waals surface area contributed by atoms with Gasteiger partial charge in [-0.2, -0.15) is 0 Å². The average Bonchev–Trinajstić information content (AvgIpc) is 2.15. The number of hydrogen-bond donors (Lipinski definition) is 0. The second-order valence-electron chi connectivity index (χ2n) is 4.17. The third-order valence-corrected chi connectivity index (χ3v) is 2.53. The van der Waals surface area contributed by atoms with Crippen LogP contribution in [0.2, 0.25) is 0 Å². The van der Waals surface area contributed by atoms with Gasteiger partial charge in [0.25, 0.3) is 0 Å². The van der Waals surface area contributed by atoms with Crippen LogP contribution in [0.4, 0.5) is 0 Å². The highest BCUT2D eigenvalue weighted by atomic mass is 16.1. The normalized spacial score (nSPS) is 11.9. The summed E-state index contributed by atoms with van der Waals surface area (Å²) in [6.45, 7) is 7.78. The number of carbonyl (C=O) groups excluding carboxylic acids is 1. The molecule has 1 aromatic carbocycles. The fraction of sp³-hybridized carbons (Fsp3) is 0.357. The lowest BCUT2D eigenvalue weighted by Gasteiger charge is -2.08. The summed E-state index contributed by atoms with van der Waals surface area (Å²) >= 11 is 0. The lowest BCUT2D eigenvalue weighted by atomic mass is 9.96. The van der Waals surface area contributed by atoms with Crippen molar-refractivity contribution in [3.8, 4) is 0 Å². The Bertz CT molecular complexity index is 386. The van der Waals surface area contributed by atoms with Crippen LogP contribution in [0, 0.1) is 12.8 Å². The fourth-order valence-electron chi connectivity index (χ4n) is 1.59. The predicted molar refractivity (Wildman–Crippen MR) is 64.7 cm³/mol. The van der Waals surface area contributed by atoms with Crippen LogP contribution in [0.25, 0.3) is 6.08 Å². The SMILES string of the molecule is CC(=O)/C(=C\c1ccccc1C)C(C)C. The first kappa shape index (κ1) is 11.7. The summed E-state index contributed by atoms with van der Waals surface area (Å²) in [5, 5.41) is 0. The van der Waals surface area contributed by atoms with Crippen molar-refractivity contribution in [2.75, 3.05) is 0 Å². The summed E-state index contributed by atoms with van der Waals surface area (Å²) < 4.78 is 0. The second kappa shape index (κ2) is 4.92. The van der Waals surface area contributed by atoms with Gasteiger partial charge in [-0.3, -0.25) is 4.79 Å². The molecule has 0 fully saturated rings. The van der Waals surface area contributed by atoms with Crippen molar-refractivity contribution < 1.29 is 4.79 Å². The lowest BCUT2D eigenvalue weighted by Crippen LogP contribution is -2.03. The summed E-state index contributed by atoms with van der Waals surface area (Å²) in [7, 11) is 0. The minimum atomic E-state index is 0.160. The molecule has 0 aromatic heterocycles. The van der Waals surface area contributed by atoms with Crippen LogP contribution < -0.4 is 0 Å². The highest BCUT2D eigenvalue weighted by Gasteiger charge is 2.08. The van der Waals surface area contributed by atoms with Crippen molar-refractivity contribution in [3.05, 3.63) is 41.0 Å². The largest absolute Gasteiger partial charge is 0.295 e. The van der Waals surface area contributed by atoms with Gasteiger partial charge in [0.2, 0.25) is 0 Å². The molecule has 1 nitrogen and oxygen atoms in total. The Kier molecular flexibility index (Phi) is 3.84. The van der Waals surface area contributed by atoms with E-state index in [2.05, 4.69) is 13.0 Å². The Balaban J connectivity index is 3.14. The van der Waals surface area contributed by atoms with Crippen LogP contribution in [0.15, 0.2) is 29.8 Å². The molecule has 1 rings (SSSR count). The first-order valence-corrected chi connectivity index (χ1v) is 5.30. The number of carbonyl (C=O) groups is 1. The topological polar surface area (TPSA) is 17.1 Å². The van der Waals surface area contributed by atoms with Crippen LogP contribution in [0.5, 0.6) is 0 Å². The molecule has 1 heteroatoms. The Labute approximate surface area is 91.8 Å². The molecule has 1 aromatic rings. The summed E-state index contributed by atoms with van der Waals surface area (Å²) in [6, 6.07) is 8.11. The van der Waals surface area contributed by atoms with Gasteiger partial charge in [0.1, 0.15) is 0 Å². The Morgan fingerprint density at radius 1 is 1.27 bits per heavy atom. The maximum atomic E-state index is 11.4. The third kappa shape index (κ3) is 3.05. The van der Waals surface area contributed by atoms with Crippen LogP contribution in [0.3, 0.4) is 0 Å². The van der Waals surface area contributed by atoms with E-state index in [4.69, 9.17) is 0 Å². The summed E-state index contributed by atoms with van der Waals surface area (Å²) in [5.41, 5.74) is 3.23. The fourth-order valence-corrected chi connectivity index (χ4v) is 1.59. The summed E-state index contributed by atoms with van der Waals surface area (Å²) in [4.78, 5) is 11.4. The number of ketones is 1. The molecule has 0 heterocycles. The van der Waals surface area contributed by atoms with E-state index in [0.29, 0.717) is 0 Å². The van der Waals surface area contributed by atoms with E-state index in [1.165, 1.54) is 5.56 Å². The molecule has 0 N–H and O–H groups in total. The molecule has 0 bridgehead atoms. The van der Waals surface area contributed by atoms with E-state index in [0.717, 1.165) is 11.1 Å². The highest BCUT2D eigenvalue weighted by Crippen LogP contribution is 2.17. The van der Waals surface area contributed by atoms with Gasteiger partial charge in [0, 0.05) is 0 Å². The number of Topliss-reactive ketones (excluding diaryl/α,β-unsaturated/α-hetero) is 1. The van der Waals surface area contributed by atoms with E-state index in [-0.39, 0.29) is 11.7 Å². The van der Waals surface area contributed by atoms with Crippen molar-refractivity contribution >= 4 is 11.9 Å². The maximum absolute atomic E-state index is 11.4. The van der Waals surface area contributed by atoms with Gasteiger partial charge in [-0.15, -0.1) is 0 Å². The molecule has 0 atom stereocenters. The van der Waals surface area contributed by atoms with Crippen molar-refractivity contribution in [2.45, 2.75) is 27.7 Å². The highest BCUT2D eigenvalue weighted by molar-refractivity contribution is 5.98. The van der Waals surface area contributed by atoms with Crippen LogP contribution >= 0.6 is 0 Å². The van der Waals surface area contributed by atoms with Gasteiger partial charge in [-0.25, -0.2) is 0 Å². The van der Waals surface area contributed by atoms with Gasteiger partial charge in [-0.1, -0.05) is 38.1 Å². The van der Waals surface area contributed by atoms with E-state index >= 15 is 0 Å². The predicted octanol–water partition coefficient (Wildman–Crippen LogP) is 3.62. The van der Waals surface area contributed by atoms with Crippen LogP contribution in [0.1, 0.15) is 31.9 Å². The van der Waals surface area contributed by atoms with Gasteiger partial charge < -0.3 is 0 Å². The number of benzene rings is 1. The lowest BCUT2D eigenvalue weighted by molar-refractivity contribution is -0.113. The zero-order valence-corrected chi connectivity index (χ0v) is 9.87. The van der Waals surface area contributed by atoms with Gasteiger partial charge in [-0.05, 0) is 42.5 Å². The van der Waals surface area contributed by atoms with Gasteiger partial charge in [0.15, 0.2) is 5.78 Å². The Morgan fingerprint density at radius 3 is 2.33 bits per heavy atom. The molecule has 0 unspecified atom stereocenters. The van der Waals surface area contributed by atoms with Crippen molar-refractivity contribution in [3.63, 3.8) is 0 Å². The number of allylic oxidation sites excluding steroid dienone is 1. The molecule has 0 spiro atoms. The first-order valence-electron chi connectivity index (χ1n) is 5.30. The zero-order chi connectivity index (χ0) is 11.4. The number of aryl methyl sites for hydroxylation is 1. The standard InChI is InChI=1S/C14H18O/c1-10(2)14(12(4)15)9-13-8-6-5-7-11(13)3/h5-10H,1-4H3/b14-9-. The smallest absolute Gasteiger partial charge is 0.156 e. The van der Waals surface area contributed by atoms with Crippen molar-refractivity contribution in [1.82, 2.24) is 0 Å². The van der Waals surface area contributed by atoms with E-state index in [9.17, 15) is 4.79 Å². The molecule has 80 valence electrons. The Hall–Kier alpha value is -1.37. The molecule has 0 aliphatic rings. The Morgan fingerprint density at radius 2 is 1.87 bits per heavy atom. The third-order valence-electron chi connectivity index (χ3n) is 2.53. The van der Waals surface area contributed by atoms with Crippen molar-refractivity contribution in [2.24, 2.45) is 5.92 Å². The summed E-state index contributed by atoms with van der Waals surface area (Å²) in [5.74, 6) is 0.440. The van der Waals surface area contributed by atoms with E-state index in [1.54, 1.807) is 6.92 Å². The van der Waals surface area contributed by atoms with E-state index in [1.807, 2.05) is 38.1 Å². The molecule has 0 amide bonds. The van der Waals surface area contributed by atoms with Crippen LogP contribution in [-0.4, -0.2) is 5.78 Å². The van der Waals surface area contributed by atoms with Gasteiger partial charge >= 0.3 is 0 Å². The number of rotatable bonds is 3. The van der Waals surface area contributed by atoms with Crippen molar-refractivity contribution in [1.29, 1.82) is 0 Å². The molecule has 15 heavy (non-hydrogen) atoms. The molecular formula is C14H18O. The quantitative estimate of drug-likeness (QED) is 0.684. The van der Waals surface area contributed by atoms with Gasteiger partial charge in [0.05, 0.1) is 0 Å². The van der Waals surface area contributed by atoms with E-state index < -0.39 is 0 Å². The zero-order valence-electron chi connectivity index (χ0n) is 9.87. The minimum absolute atomic E-state index is 0.160. The molecule has 0 radical (unpaired) electrons. The molecule has 0 saturated carbocycles. The average molecular weight is 202 g/mol. The minimum Gasteiger partial charge on any atom is -0.295 e. The monoisotopic (exact) mass is 202 g/mol.